The normalized spacial score (nSPS) is 11.6. The van der Waals surface area contributed by atoms with Gasteiger partial charge in [-0.2, -0.15) is 5.10 Å². The Balaban J connectivity index is 3.14. The van der Waals surface area contributed by atoms with Gasteiger partial charge >= 0.3 is 5.97 Å². The summed E-state index contributed by atoms with van der Waals surface area (Å²) in [4.78, 5) is 11.8. The van der Waals surface area contributed by atoms with E-state index in [1.54, 1.807) is 18.7 Å². The number of nitrogens with zero attached hydrogens (tertiary/aromatic N) is 2. The number of carbonyl (C=O) groups excluding carboxylic acids is 1. The standard InChI is InChI=1S/C12H20N2O3/c1-5-17-11(16)9-8-13-14(4)10(9)12(2,3)6-7-15/h8,15H,5-7H2,1-4H3. The van der Waals surface area contributed by atoms with Crippen LogP contribution in [0.5, 0.6) is 0 Å². The monoisotopic (exact) mass is 240 g/mol. The van der Waals surface area contributed by atoms with Crippen molar-refractivity contribution in [2.45, 2.75) is 32.6 Å². The Labute approximate surface area is 101 Å². The zero-order valence-electron chi connectivity index (χ0n) is 10.9. The molecule has 17 heavy (non-hydrogen) atoms. The molecule has 1 heterocycles. The highest BCUT2D eigenvalue weighted by Gasteiger charge is 2.30. The Kier molecular flexibility index (Phi) is 4.28. The summed E-state index contributed by atoms with van der Waals surface area (Å²) >= 11 is 0. The summed E-state index contributed by atoms with van der Waals surface area (Å²) < 4.78 is 6.67. The lowest BCUT2D eigenvalue weighted by Gasteiger charge is -2.25. The third kappa shape index (κ3) is 2.85. The van der Waals surface area contributed by atoms with Gasteiger partial charge in [-0.25, -0.2) is 4.79 Å². The number of hydrogen-bond donors (Lipinski definition) is 1. The first-order chi connectivity index (χ1) is 7.94. The number of aromatic nitrogens is 2. The second-order valence-corrected chi connectivity index (χ2v) is 4.61. The van der Waals surface area contributed by atoms with Gasteiger partial charge in [-0.15, -0.1) is 0 Å². The zero-order chi connectivity index (χ0) is 13.1. The van der Waals surface area contributed by atoms with Crippen LogP contribution >= 0.6 is 0 Å². The molecular formula is C12H20N2O3. The highest BCUT2D eigenvalue weighted by Crippen LogP contribution is 2.29. The van der Waals surface area contributed by atoms with Crippen molar-refractivity contribution in [3.63, 3.8) is 0 Å². The van der Waals surface area contributed by atoms with Crippen LogP contribution < -0.4 is 0 Å². The van der Waals surface area contributed by atoms with Crippen LogP contribution in [0.25, 0.3) is 0 Å². The molecule has 0 aliphatic rings. The molecule has 0 fully saturated rings. The molecule has 0 spiro atoms. The topological polar surface area (TPSA) is 64.3 Å². The maximum atomic E-state index is 11.8. The number of esters is 1. The van der Waals surface area contributed by atoms with E-state index in [2.05, 4.69) is 5.10 Å². The number of aliphatic hydroxyl groups excluding tert-OH is 1. The van der Waals surface area contributed by atoms with E-state index in [0.29, 0.717) is 18.6 Å². The fourth-order valence-corrected chi connectivity index (χ4v) is 2.00. The SMILES string of the molecule is CCOC(=O)c1cnn(C)c1C(C)(C)CCO. The molecule has 0 atom stereocenters. The fourth-order valence-electron chi connectivity index (χ4n) is 2.00. The Morgan fingerprint density at radius 2 is 2.24 bits per heavy atom. The van der Waals surface area contributed by atoms with Gasteiger partial charge < -0.3 is 9.84 Å². The molecule has 0 bridgehead atoms. The molecule has 0 aromatic carbocycles. The fraction of sp³-hybridized carbons (Fsp3) is 0.667. The summed E-state index contributed by atoms with van der Waals surface area (Å²) in [7, 11) is 1.79. The van der Waals surface area contributed by atoms with Crippen LogP contribution in [0.3, 0.4) is 0 Å². The van der Waals surface area contributed by atoms with Gasteiger partial charge in [0.15, 0.2) is 0 Å². The Morgan fingerprint density at radius 3 is 2.76 bits per heavy atom. The lowest BCUT2D eigenvalue weighted by Crippen LogP contribution is -2.25. The largest absolute Gasteiger partial charge is 0.462 e. The Morgan fingerprint density at radius 1 is 1.59 bits per heavy atom. The van der Waals surface area contributed by atoms with Crippen LogP contribution in [-0.2, 0) is 17.2 Å². The third-order valence-corrected chi connectivity index (χ3v) is 2.81. The lowest BCUT2D eigenvalue weighted by molar-refractivity contribution is 0.0522. The van der Waals surface area contributed by atoms with Crippen LogP contribution in [0, 0.1) is 0 Å². The van der Waals surface area contributed by atoms with Gasteiger partial charge in [-0.3, -0.25) is 4.68 Å². The molecule has 1 N–H and O–H groups in total. The average molecular weight is 240 g/mol. The molecule has 5 nitrogen and oxygen atoms in total. The number of aliphatic hydroxyl groups is 1. The number of hydrogen-bond acceptors (Lipinski definition) is 4. The second-order valence-electron chi connectivity index (χ2n) is 4.61. The summed E-state index contributed by atoms with van der Waals surface area (Å²) in [6.45, 7) is 6.13. The van der Waals surface area contributed by atoms with E-state index < -0.39 is 0 Å². The minimum atomic E-state index is -0.360. The summed E-state index contributed by atoms with van der Waals surface area (Å²) in [6, 6.07) is 0. The number of aryl methyl sites for hydroxylation is 1. The molecule has 0 aliphatic heterocycles. The van der Waals surface area contributed by atoms with Crippen molar-refractivity contribution >= 4 is 5.97 Å². The van der Waals surface area contributed by atoms with Crippen LogP contribution in [0.4, 0.5) is 0 Å². The predicted molar refractivity (Wildman–Crippen MR) is 63.9 cm³/mol. The van der Waals surface area contributed by atoms with E-state index in [1.807, 2.05) is 13.8 Å². The molecule has 0 aliphatic carbocycles. The maximum absolute atomic E-state index is 11.8. The molecule has 0 radical (unpaired) electrons. The average Bonchev–Trinajstić information content (AvgIpc) is 2.61. The quantitative estimate of drug-likeness (QED) is 0.787. The van der Waals surface area contributed by atoms with Crippen molar-refractivity contribution in [1.82, 2.24) is 9.78 Å². The molecule has 1 rings (SSSR count). The molecule has 0 saturated carbocycles. The number of rotatable bonds is 5. The van der Waals surface area contributed by atoms with E-state index in [4.69, 9.17) is 9.84 Å². The number of ether oxygens (including phenoxy) is 1. The first kappa shape index (κ1) is 13.7. The van der Waals surface area contributed by atoms with Gasteiger partial charge in [0.05, 0.1) is 18.5 Å². The Hall–Kier alpha value is -1.36. The van der Waals surface area contributed by atoms with Crippen molar-refractivity contribution in [3.05, 3.63) is 17.5 Å². The minimum absolute atomic E-state index is 0.0699. The van der Waals surface area contributed by atoms with E-state index in [1.165, 1.54) is 6.20 Å². The van der Waals surface area contributed by atoms with E-state index >= 15 is 0 Å². The summed E-state index contributed by atoms with van der Waals surface area (Å²) in [5, 5.41) is 13.2. The molecule has 1 aromatic rings. The van der Waals surface area contributed by atoms with Crippen LogP contribution in [0.15, 0.2) is 6.20 Å². The van der Waals surface area contributed by atoms with E-state index in [0.717, 1.165) is 5.69 Å². The van der Waals surface area contributed by atoms with Gasteiger partial charge in [-0.05, 0) is 13.3 Å². The molecule has 96 valence electrons. The van der Waals surface area contributed by atoms with Crippen molar-refractivity contribution in [1.29, 1.82) is 0 Å². The first-order valence-corrected chi connectivity index (χ1v) is 5.74. The highest BCUT2D eigenvalue weighted by atomic mass is 16.5. The summed E-state index contributed by atoms with van der Waals surface area (Å²) in [5.74, 6) is -0.360. The first-order valence-electron chi connectivity index (χ1n) is 5.74. The third-order valence-electron chi connectivity index (χ3n) is 2.81. The van der Waals surface area contributed by atoms with Crippen LogP contribution in [-0.4, -0.2) is 34.1 Å². The van der Waals surface area contributed by atoms with Crippen molar-refractivity contribution in [2.75, 3.05) is 13.2 Å². The van der Waals surface area contributed by atoms with Gasteiger partial charge in [0, 0.05) is 19.1 Å². The lowest BCUT2D eigenvalue weighted by atomic mass is 9.83. The van der Waals surface area contributed by atoms with Crippen molar-refractivity contribution < 1.29 is 14.6 Å². The highest BCUT2D eigenvalue weighted by molar-refractivity contribution is 5.90. The van der Waals surface area contributed by atoms with E-state index in [9.17, 15) is 4.79 Å². The molecule has 0 saturated heterocycles. The van der Waals surface area contributed by atoms with Crippen LogP contribution in [0.2, 0.25) is 0 Å². The van der Waals surface area contributed by atoms with Gasteiger partial charge in [0.2, 0.25) is 0 Å². The molecular weight excluding hydrogens is 220 g/mol. The molecule has 0 amide bonds. The molecule has 5 heteroatoms. The molecule has 1 aromatic heterocycles. The van der Waals surface area contributed by atoms with Crippen molar-refractivity contribution in [2.24, 2.45) is 7.05 Å². The Bertz CT molecular complexity index is 396. The summed E-state index contributed by atoms with van der Waals surface area (Å²) in [5.41, 5.74) is 0.958. The van der Waals surface area contributed by atoms with Gasteiger partial charge in [0.1, 0.15) is 5.56 Å². The number of carbonyl (C=O) groups is 1. The predicted octanol–water partition coefficient (Wildman–Crippen LogP) is 1.26. The van der Waals surface area contributed by atoms with Crippen LogP contribution in [0.1, 0.15) is 43.2 Å². The zero-order valence-corrected chi connectivity index (χ0v) is 10.9. The smallest absolute Gasteiger partial charge is 0.341 e. The molecule has 0 unspecified atom stereocenters. The van der Waals surface area contributed by atoms with Crippen molar-refractivity contribution in [3.8, 4) is 0 Å². The van der Waals surface area contributed by atoms with Gasteiger partial charge in [-0.1, -0.05) is 13.8 Å². The minimum Gasteiger partial charge on any atom is -0.462 e. The van der Waals surface area contributed by atoms with Gasteiger partial charge in [0.25, 0.3) is 0 Å². The summed E-state index contributed by atoms with van der Waals surface area (Å²) in [6.07, 6.45) is 2.09. The second kappa shape index (κ2) is 5.31. The maximum Gasteiger partial charge on any atom is 0.341 e. The van der Waals surface area contributed by atoms with E-state index in [-0.39, 0.29) is 18.0 Å².